The van der Waals surface area contributed by atoms with Crippen molar-refractivity contribution in [2.45, 2.75) is 30.2 Å². The highest BCUT2D eigenvalue weighted by Crippen LogP contribution is 2.41. The maximum atomic E-state index is 12.4. The van der Waals surface area contributed by atoms with Crippen molar-refractivity contribution in [1.29, 1.82) is 0 Å². The van der Waals surface area contributed by atoms with Crippen LogP contribution in [0.15, 0.2) is 121 Å². The lowest BCUT2D eigenvalue weighted by atomic mass is 10.1. The molecule has 0 saturated carbocycles. The SMILES string of the molecule is CCN(Cc1ccccc1)c1ccc(/N=N/c2ccc(/N=N/c3c(N)ccc4cc(S(=O)(=O)O)cc(O)c34)c(S(=O)(=O)O)c2)c(NC(C)=O)c1. The Morgan fingerprint density at radius 3 is 2.18 bits per heavy atom. The molecule has 5 aromatic rings. The molecule has 0 aliphatic carbocycles. The molecule has 0 bridgehead atoms. The van der Waals surface area contributed by atoms with Gasteiger partial charge in [-0.3, -0.25) is 13.9 Å². The summed E-state index contributed by atoms with van der Waals surface area (Å²) < 4.78 is 67.4. The molecule has 0 heterocycles. The van der Waals surface area contributed by atoms with Crippen molar-refractivity contribution in [1.82, 2.24) is 0 Å². The Kier molecular flexibility index (Phi) is 10.2. The number of phenolic OH excluding ortho intramolecular Hbond substituents is 1. The van der Waals surface area contributed by atoms with Gasteiger partial charge in [0.2, 0.25) is 5.91 Å². The Balaban J connectivity index is 1.48. The van der Waals surface area contributed by atoms with Gasteiger partial charge in [-0.1, -0.05) is 36.4 Å². The zero-order chi connectivity index (χ0) is 36.2. The molecule has 0 aliphatic rings. The number of nitrogens with two attached hydrogens (primary N) is 1. The lowest BCUT2D eigenvalue weighted by molar-refractivity contribution is -0.114. The van der Waals surface area contributed by atoms with E-state index in [2.05, 4.69) is 30.7 Å². The molecule has 5 rings (SSSR count). The molecule has 0 aliphatic heterocycles. The van der Waals surface area contributed by atoms with Gasteiger partial charge in [-0.15, -0.1) is 15.3 Å². The van der Waals surface area contributed by atoms with Crippen molar-refractivity contribution in [2.75, 3.05) is 22.5 Å². The Hall–Kier alpha value is -5.75. The van der Waals surface area contributed by atoms with Crippen molar-refractivity contribution in [3.05, 3.63) is 96.6 Å². The molecule has 6 N–H and O–H groups in total. The van der Waals surface area contributed by atoms with Gasteiger partial charge in [-0.05, 0) is 66.4 Å². The summed E-state index contributed by atoms with van der Waals surface area (Å²) in [6.07, 6.45) is 0. The Morgan fingerprint density at radius 2 is 1.52 bits per heavy atom. The third kappa shape index (κ3) is 8.27. The number of benzene rings is 5. The standard InChI is InChI=1S/C33H31N7O8S2/c1-3-40(19-21-7-5-4-6-8-21)24-11-14-27(29(17-24)35-20(2)41)37-36-23-10-13-28(31(16-23)50(46,47)48)38-39-33-26(34)12-9-22-15-25(49(43,44)45)18-30(42)32(22)33/h4-18,42H,3,19,34H2,1-2H3,(H,35,41)(H,43,44,45)(H,46,47,48)/b37-36+,39-38+. The maximum absolute atomic E-state index is 12.4. The van der Waals surface area contributed by atoms with Crippen molar-refractivity contribution in [3.63, 3.8) is 0 Å². The van der Waals surface area contributed by atoms with E-state index in [1.807, 2.05) is 43.3 Å². The van der Waals surface area contributed by atoms with Crippen LogP contribution in [0, 0.1) is 0 Å². The molecule has 5 aromatic carbocycles. The van der Waals surface area contributed by atoms with Crippen LogP contribution in [-0.2, 0) is 31.6 Å². The summed E-state index contributed by atoms with van der Waals surface area (Å²) in [7, 11) is -9.53. The lowest BCUT2D eigenvalue weighted by Crippen LogP contribution is -2.22. The van der Waals surface area contributed by atoms with E-state index in [1.165, 1.54) is 31.2 Å². The second-order valence-corrected chi connectivity index (χ2v) is 13.7. The van der Waals surface area contributed by atoms with Crippen LogP contribution in [0.2, 0.25) is 0 Å². The van der Waals surface area contributed by atoms with Crippen molar-refractivity contribution >= 4 is 76.7 Å². The third-order valence-corrected chi connectivity index (χ3v) is 9.09. The van der Waals surface area contributed by atoms with Crippen LogP contribution in [0.5, 0.6) is 5.75 Å². The molecule has 0 atom stereocenters. The van der Waals surface area contributed by atoms with Gasteiger partial charge in [-0.2, -0.15) is 21.9 Å². The monoisotopic (exact) mass is 717 g/mol. The van der Waals surface area contributed by atoms with Gasteiger partial charge in [0.15, 0.2) is 0 Å². The van der Waals surface area contributed by atoms with Crippen LogP contribution in [0.1, 0.15) is 19.4 Å². The molecule has 1 amide bonds. The number of nitrogens with zero attached hydrogens (tertiary/aromatic N) is 5. The van der Waals surface area contributed by atoms with Crippen LogP contribution in [-0.4, -0.2) is 43.5 Å². The largest absolute Gasteiger partial charge is 0.507 e. The summed E-state index contributed by atoms with van der Waals surface area (Å²) in [4.78, 5) is 12.9. The average molecular weight is 718 g/mol. The van der Waals surface area contributed by atoms with Crippen molar-refractivity contribution in [2.24, 2.45) is 20.5 Å². The van der Waals surface area contributed by atoms with E-state index in [4.69, 9.17) is 5.73 Å². The minimum atomic E-state index is -4.89. The number of azo groups is 2. The van der Waals surface area contributed by atoms with E-state index in [1.54, 1.807) is 12.1 Å². The Morgan fingerprint density at radius 1 is 0.820 bits per heavy atom. The second-order valence-electron chi connectivity index (χ2n) is 10.9. The van der Waals surface area contributed by atoms with E-state index in [0.29, 0.717) is 18.8 Å². The third-order valence-electron chi connectivity index (χ3n) is 7.38. The number of rotatable bonds is 11. The quantitative estimate of drug-likeness (QED) is 0.0514. The van der Waals surface area contributed by atoms with Gasteiger partial charge < -0.3 is 21.1 Å². The topological polar surface area (TPSA) is 237 Å². The number of amides is 1. The number of nitrogens with one attached hydrogen (secondary N) is 1. The predicted octanol–water partition coefficient (Wildman–Crippen LogP) is 7.44. The van der Waals surface area contributed by atoms with E-state index in [0.717, 1.165) is 29.4 Å². The van der Waals surface area contributed by atoms with Gasteiger partial charge in [0.25, 0.3) is 20.2 Å². The molecular formula is C33H31N7O8S2. The normalized spacial score (nSPS) is 12.2. The number of carbonyl (C=O) groups excluding carboxylic acids is 1. The highest BCUT2D eigenvalue weighted by atomic mass is 32.2. The van der Waals surface area contributed by atoms with E-state index in [9.17, 15) is 35.8 Å². The van der Waals surface area contributed by atoms with Gasteiger partial charge in [-0.25, -0.2) is 0 Å². The lowest BCUT2D eigenvalue weighted by Gasteiger charge is -2.24. The number of carbonyl (C=O) groups is 1. The smallest absolute Gasteiger partial charge is 0.296 e. The first-order chi connectivity index (χ1) is 23.6. The van der Waals surface area contributed by atoms with Gasteiger partial charge in [0, 0.05) is 31.8 Å². The summed E-state index contributed by atoms with van der Waals surface area (Å²) in [5.41, 5.74) is 8.16. The van der Waals surface area contributed by atoms with Gasteiger partial charge >= 0.3 is 0 Å². The molecular weight excluding hydrogens is 687 g/mol. The molecule has 258 valence electrons. The zero-order valence-electron chi connectivity index (χ0n) is 26.6. The second kappa shape index (κ2) is 14.4. The minimum Gasteiger partial charge on any atom is -0.507 e. The predicted molar refractivity (Wildman–Crippen MR) is 188 cm³/mol. The van der Waals surface area contributed by atoms with Crippen LogP contribution >= 0.6 is 0 Å². The molecule has 15 nitrogen and oxygen atoms in total. The minimum absolute atomic E-state index is 0.00176. The first-order valence-electron chi connectivity index (χ1n) is 14.8. The van der Waals surface area contributed by atoms with Crippen LogP contribution in [0.3, 0.4) is 0 Å². The highest BCUT2D eigenvalue weighted by molar-refractivity contribution is 7.86. The number of hydrogen-bond acceptors (Lipinski definition) is 12. The van der Waals surface area contributed by atoms with E-state index in [-0.39, 0.29) is 45.1 Å². The molecule has 17 heteroatoms. The fraction of sp³-hybridized carbons (Fsp3) is 0.121. The Bertz CT molecular complexity index is 2390. The Labute approximate surface area is 287 Å². The molecule has 0 spiro atoms. The van der Waals surface area contributed by atoms with Gasteiger partial charge in [0.05, 0.1) is 27.3 Å². The van der Waals surface area contributed by atoms with Gasteiger partial charge in [0.1, 0.15) is 27.7 Å². The summed E-state index contributed by atoms with van der Waals surface area (Å²) in [5.74, 6) is -0.931. The number of aromatic hydroxyl groups is 1. The van der Waals surface area contributed by atoms with Crippen molar-refractivity contribution in [3.8, 4) is 5.75 Å². The number of fused-ring (bicyclic) bond motifs is 1. The maximum Gasteiger partial charge on any atom is 0.296 e. The summed E-state index contributed by atoms with van der Waals surface area (Å²) in [6.45, 7) is 4.67. The van der Waals surface area contributed by atoms with Crippen LogP contribution in [0.4, 0.5) is 39.8 Å². The van der Waals surface area contributed by atoms with Crippen LogP contribution < -0.4 is 16.0 Å². The zero-order valence-corrected chi connectivity index (χ0v) is 28.2. The average Bonchev–Trinajstić information content (AvgIpc) is 3.05. The first kappa shape index (κ1) is 35.6. The molecule has 0 unspecified atom stereocenters. The molecule has 0 radical (unpaired) electrons. The number of phenols is 1. The van der Waals surface area contributed by atoms with E-state index >= 15 is 0 Å². The van der Waals surface area contributed by atoms with Crippen molar-refractivity contribution < 1.29 is 35.8 Å². The summed E-state index contributed by atoms with van der Waals surface area (Å²) >= 11 is 0. The first-order valence-corrected chi connectivity index (χ1v) is 17.7. The fourth-order valence-corrected chi connectivity index (χ4v) is 6.21. The molecule has 0 aromatic heterocycles. The summed E-state index contributed by atoms with van der Waals surface area (Å²) in [6, 6.07) is 23.3. The number of nitrogen functional groups attached to an aromatic ring is 1. The molecule has 0 fully saturated rings. The summed E-state index contributed by atoms with van der Waals surface area (Å²) in [5, 5.41) is 29.7. The number of anilines is 3. The van der Waals surface area contributed by atoms with E-state index < -0.39 is 35.8 Å². The fourth-order valence-electron chi connectivity index (χ4n) is 5.03. The molecule has 0 saturated heterocycles. The molecule has 50 heavy (non-hydrogen) atoms. The van der Waals surface area contributed by atoms with Crippen LogP contribution in [0.25, 0.3) is 10.8 Å². The number of hydrogen-bond donors (Lipinski definition) is 5. The highest BCUT2D eigenvalue weighted by Gasteiger charge is 2.20.